The number of benzene rings is 1. The Kier molecular flexibility index (Phi) is 8.26. The van der Waals surface area contributed by atoms with Gasteiger partial charge in [-0.15, -0.1) is 0 Å². The summed E-state index contributed by atoms with van der Waals surface area (Å²) in [6.45, 7) is 5.57. The van der Waals surface area contributed by atoms with Crippen LogP contribution in [0.5, 0.6) is 5.75 Å². The molecule has 3 N–H and O–H groups in total. The van der Waals surface area contributed by atoms with Crippen LogP contribution in [-0.2, 0) is 18.8 Å². The number of carbonyl (C=O) groups is 1. The maximum atomic E-state index is 13.0. The molecule has 23 heavy (non-hydrogen) atoms. The molecule has 1 aromatic carbocycles. The van der Waals surface area contributed by atoms with Gasteiger partial charge in [-0.2, -0.15) is 0 Å². The van der Waals surface area contributed by atoms with Crippen molar-refractivity contribution in [3.05, 3.63) is 30.3 Å². The van der Waals surface area contributed by atoms with Gasteiger partial charge in [0.25, 0.3) is 0 Å². The zero-order chi connectivity index (χ0) is 17.3. The molecule has 0 aliphatic carbocycles. The first-order valence-corrected chi connectivity index (χ1v) is 9.31. The molecule has 0 bridgehead atoms. The highest BCUT2D eigenvalue weighted by Gasteiger charge is 2.31. The van der Waals surface area contributed by atoms with Gasteiger partial charge in [0.15, 0.2) is 0 Å². The molecule has 0 fully saturated rings. The standard InChI is InChI=1S/C15H25N2O5P/c1-4-20-15(18)13(3)17-23(19,11-21-12(2)10-16)22-14-8-6-5-7-9-14/h5-9,12-13H,4,10-11,16H2,1-3H3,(H,17,19)/t12-,13+,23?/m1/s1. The smallest absolute Gasteiger partial charge is 0.342 e. The van der Waals surface area contributed by atoms with Crippen LogP contribution in [0.4, 0.5) is 0 Å². The van der Waals surface area contributed by atoms with E-state index in [-0.39, 0.29) is 19.1 Å². The highest BCUT2D eigenvalue weighted by Crippen LogP contribution is 2.43. The molecule has 0 aliphatic rings. The first-order valence-electron chi connectivity index (χ1n) is 7.50. The van der Waals surface area contributed by atoms with Gasteiger partial charge in [-0.25, -0.2) is 5.09 Å². The zero-order valence-electron chi connectivity index (χ0n) is 13.7. The van der Waals surface area contributed by atoms with Crippen molar-refractivity contribution in [3.8, 4) is 5.75 Å². The third-order valence-corrected chi connectivity index (χ3v) is 4.66. The summed E-state index contributed by atoms with van der Waals surface area (Å²) < 4.78 is 28.9. The summed E-state index contributed by atoms with van der Waals surface area (Å²) in [4.78, 5) is 11.7. The number of hydrogen-bond donors (Lipinski definition) is 2. The summed E-state index contributed by atoms with van der Waals surface area (Å²) in [6, 6.07) is 7.90. The molecule has 130 valence electrons. The van der Waals surface area contributed by atoms with Crippen LogP contribution >= 0.6 is 7.52 Å². The van der Waals surface area contributed by atoms with Gasteiger partial charge in [0.2, 0.25) is 0 Å². The van der Waals surface area contributed by atoms with Crippen molar-refractivity contribution in [3.63, 3.8) is 0 Å². The number of nitrogens with one attached hydrogen (secondary N) is 1. The third kappa shape index (κ3) is 7.14. The second kappa shape index (κ2) is 9.67. The number of rotatable bonds is 10. The van der Waals surface area contributed by atoms with E-state index in [1.54, 1.807) is 45.0 Å². The highest BCUT2D eigenvalue weighted by atomic mass is 31.2. The number of nitrogens with two attached hydrogens (primary N) is 1. The third-order valence-electron chi connectivity index (χ3n) is 2.89. The van der Waals surface area contributed by atoms with Crippen LogP contribution in [-0.4, -0.2) is 37.6 Å². The molecule has 0 spiro atoms. The van der Waals surface area contributed by atoms with E-state index in [2.05, 4.69) is 5.09 Å². The van der Waals surface area contributed by atoms with Gasteiger partial charge in [0.1, 0.15) is 18.1 Å². The normalized spacial score (nSPS) is 16.2. The summed E-state index contributed by atoms with van der Waals surface area (Å²) in [5.41, 5.74) is 5.49. The Bertz CT molecular complexity index is 526. The average Bonchev–Trinajstić information content (AvgIpc) is 2.53. The molecule has 0 saturated carbocycles. The van der Waals surface area contributed by atoms with Crippen molar-refractivity contribution in [1.29, 1.82) is 0 Å². The van der Waals surface area contributed by atoms with Crippen LogP contribution in [0.1, 0.15) is 20.8 Å². The van der Waals surface area contributed by atoms with Gasteiger partial charge in [0.05, 0.1) is 12.7 Å². The fourth-order valence-corrected chi connectivity index (χ4v) is 3.44. The predicted molar refractivity (Wildman–Crippen MR) is 88.4 cm³/mol. The lowest BCUT2D eigenvalue weighted by molar-refractivity contribution is -0.144. The van der Waals surface area contributed by atoms with Crippen molar-refractivity contribution < 1.29 is 23.4 Å². The lowest BCUT2D eigenvalue weighted by atomic mass is 10.3. The molecule has 0 aliphatic heterocycles. The zero-order valence-corrected chi connectivity index (χ0v) is 14.6. The summed E-state index contributed by atoms with van der Waals surface area (Å²) in [6.07, 6.45) is -0.480. The Morgan fingerprint density at radius 2 is 1.96 bits per heavy atom. The molecule has 1 rings (SSSR count). The molecule has 0 aromatic heterocycles. The minimum absolute atomic E-state index is 0.204. The number of esters is 1. The number of hydrogen-bond acceptors (Lipinski definition) is 6. The molecule has 0 saturated heterocycles. The summed E-state index contributed by atoms with van der Waals surface area (Å²) in [5.74, 6) is -0.0837. The van der Waals surface area contributed by atoms with Gasteiger partial charge in [-0.05, 0) is 32.9 Å². The summed E-state index contributed by atoms with van der Waals surface area (Å²) in [5, 5.41) is 2.70. The van der Waals surface area contributed by atoms with E-state index in [0.717, 1.165) is 0 Å². The van der Waals surface area contributed by atoms with E-state index in [0.29, 0.717) is 12.3 Å². The van der Waals surface area contributed by atoms with Crippen LogP contribution in [0.2, 0.25) is 0 Å². The highest BCUT2D eigenvalue weighted by molar-refractivity contribution is 7.57. The van der Waals surface area contributed by atoms with Crippen molar-refractivity contribution in [2.24, 2.45) is 5.73 Å². The van der Waals surface area contributed by atoms with Crippen LogP contribution in [0.15, 0.2) is 30.3 Å². The minimum atomic E-state index is -3.47. The van der Waals surface area contributed by atoms with Crippen molar-refractivity contribution in [2.45, 2.75) is 32.9 Å². The van der Waals surface area contributed by atoms with Crippen LogP contribution in [0, 0.1) is 0 Å². The lowest BCUT2D eigenvalue weighted by Gasteiger charge is -2.24. The fraction of sp³-hybridized carbons (Fsp3) is 0.533. The number of ether oxygens (including phenoxy) is 2. The first-order chi connectivity index (χ1) is 10.9. The van der Waals surface area contributed by atoms with Crippen molar-refractivity contribution in [2.75, 3.05) is 19.5 Å². The monoisotopic (exact) mass is 344 g/mol. The molecule has 0 amide bonds. The molecule has 7 nitrogen and oxygen atoms in total. The molecule has 8 heteroatoms. The average molecular weight is 344 g/mol. The number of carbonyl (C=O) groups excluding carboxylic acids is 1. The topological polar surface area (TPSA) is 99.9 Å². The summed E-state index contributed by atoms with van der Waals surface area (Å²) >= 11 is 0. The minimum Gasteiger partial charge on any atom is -0.465 e. The van der Waals surface area contributed by atoms with Crippen LogP contribution < -0.4 is 15.3 Å². The SMILES string of the molecule is CCOC(=O)[C@H](C)NP(=O)(CO[C@H](C)CN)Oc1ccccc1. The van der Waals surface area contributed by atoms with E-state index >= 15 is 0 Å². The molecular weight excluding hydrogens is 319 g/mol. The predicted octanol–water partition coefficient (Wildman–Crippen LogP) is 2.12. The van der Waals surface area contributed by atoms with Crippen molar-refractivity contribution in [1.82, 2.24) is 5.09 Å². The van der Waals surface area contributed by atoms with E-state index in [9.17, 15) is 9.36 Å². The van der Waals surface area contributed by atoms with Crippen LogP contribution in [0.25, 0.3) is 0 Å². The van der Waals surface area contributed by atoms with E-state index < -0.39 is 19.5 Å². The molecule has 3 atom stereocenters. The quantitative estimate of drug-likeness (QED) is 0.495. The maximum absolute atomic E-state index is 13.0. The van der Waals surface area contributed by atoms with Crippen molar-refractivity contribution >= 4 is 13.5 Å². The Morgan fingerprint density at radius 1 is 1.30 bits per heavy atom. The Hall–Kier alpha value is -1.40. The Labute approximate surface area is 137 Å². The lowest BCUT2D eigenvalue weighted by Crippen LogP contribution is -2.36. The fourth-order valence-electron chi connectivity index (χ4n) is 1.65. The van der Waals surface area contributed by atoms with E-state index in [1.807, 2.05) is 6.07 Å². The van der Waals surface area contributed by atoms with Gasteiger partial charge in [0, 0.05) is 6.54 Å². The second-order valence-corrected chi connectivity index (χ2v) is 7.07. The van der Waals surface area contributed by atoms with Crippen LogP contribution in [0.3, 0.4) is 0 Å². The van der Waals surface area contributed by atoms with E-state index in [4.69, 9.17) is 19.7 Å². The van der Waals surface area contributed by atoms with Gasteiger partial charge in [-0.1, -0.05) is 18.2 Å². The second-order valence-electron chi connectivity index (χ2n) is 5.02. The Morgan fingerprint density at radius 3 is 2.52 bits per heavy atom. The molecule has 1 unspecified atom stereocenters. The molecule has 0 radical (unpaired) electrons. The molecule has 1 aromatic rings. The van der Waals surface area contributed by atoms with Gasteiger partial charge in [-0.3, -0.25) is 9.36 Å². The van der Waals surface area contributed by atoms with Gasteiger partial charge >= 0.3 is 13.5 Å². The first kappa shape index (κ1) is 19.6. The maximum Gasteiger partial charge on any atom is 0.342 e. The largest absolute Gasteiger partial charge is 0.465 e. The molecular formula is C15H25N2O5P. The molecule has 0 heterocycles. The van der Waals surface area contributed by atoms with E-state index in [1.165, 1.54) is 0 Å². The Balaban J connectivity index is 2.82. The summed E-state index contributed by atoms with van der Waals surface area (Å²) in [7, 11) is -3.47. The number of para-hydroxylation sites is 1. The van der Waals surface area contributed by atoms with Gasteiger partial charge < -0.3 is 19.7 Å².